The summed E-state index contributed by atoms with van der Waals surface area (Å²) < 4.78 is 5.25. The van der Waals surface area contributed by atoms with Crippen molar-refractivity contribution < 1.29 is 9.32 Å². The van der Waals surface area contributed by atoms with E-state index in [4.69, 9.17) is 4.52 Å². The molecule has 0 aliphatic rings. The third-order valence-corrected chi connectivity index (χ3v) is 4.32. The Morgan fingerprint density at radius 3 is 2.77 bits per heavy atom. The van der Waals surface area contributed by atoms with E-state index < -0.39 is 0 Å². The third kappa shape index (κ3) is 3.68. The van der Waals surface area contributed by atoms with Crippen LogP contribution >= 0.6 is 0 Å². The van der Waals surface area contributed by atoms with E-state index in [1.807, 2.05) is 26.8 Å². The first-order valence-corrected chi connectivity index (χ1v) is 8.68. The number of carbonyl (C=O) groups excluding carboxylic acids is 1. The molecular weight excluding hydrogens is 332 g/mol. The lowest BCUT2D eigenvalue weighted by atomic mass is 10.1. The summed E-state index contributed by atoms with van der Waals surface area (Å²) in [6.45, 7) is 9.93. The van der Waals surface area contributed by atoms with E-state index in [-0.39, 0.29) is 12.1 Å². The van der Waals surface area contributed by atoms with Gasteiger partial charge in [0.15, 0.2) is 5.82 Å². The first-order chi connectivity index (χ1) is 12.3. The lowest BCUT2D eigenvalue weighted by Crippen LogP contribution is -2.31. The van der Waals surface area contributed by atoms with Crippen molar-refractivity contribution in [1.82, 2.24) is 25.4 Å². The minimum absolute atomic E-state index is 0.331. The first-order valence-electron chi connectivity index (χ1n) is 8.68. The van der Waals surface area contributed by atoms with Gasteiger partial charge in [0.1, 0.15) is 6.04 Å². The van der Waals surface area contributed by atoms with Crippen molar-refractivity contribution in [2.75, 3.05) is 5.32 Å². The molecule has 3 rings (SSSR count). The highest BCUT2D eigenvalue weighted by atomic mass is 16.5. The topological polar surface area (TPSA) is 109 Å². The normalized spacial score (nSPS) is 12.5. The molecule has 8 nitrogen and oxygen atoms in total. The summed E-state index contributed by atoms with van der Waals surface area (Å²) in [6, 6.07) is 1.16. The monoisotopic (exact) mass is 356 g/mol. The standard InChI is InChI=1S/C18H24N6O2/c1-9(2)6-15-23-17(26-24-15)12(5)21-18(25)22-13-7-14-16(20-8-19-14)11(4)10(13)3/h7-9,12H,6H2,1-5H3,(H,19,20)(H2,21,22,25). The number of aryl methyl sites for hydroxylation is 1. The Morgan fingerprint density at radius 2 is 2.04 bits per heavy atom. The van der Waals surface area contributed by atoms with Gasteiger partial charge in [-0.05, 0) is 43.9 Å². The van der Waals surface area contributed by atoms with Crippen LogP contribution in [0.25, 0.3) is 11.0 Å². The minimum Gasteiger partial charge on any atom is -0.345 e. The number of nitrogens with one attached hydrogen (secondary N) is 3. The van der Waals surface area contributed by atoms with Crippen LogP contribution in [0.15, 0.2) is 16.9 Å². The number of aromatic amines is 1. The Balaban J connectivity index is 1.69. The number of H-pyrrole nitrogens is 1. The second-order valence-electron chi connectivity index (χ2n) is 6.94. The van der Waals surface area contributed by atoms with Crippen molar-refractivity contribution in [2.24, 2.45) is 5.92 Å². The van der Waals surface area contributed by atoms with Crippen LogP contribution in [-0.2, 0) is 6.42 Å². The molecule has 138 valence electrons. The summed E-state index contributed by atoms with van der Waals surface area (Å²) in [5, 5.41) is 9.67. The number of rotatable bonds is 5. The number of carbonyl (C=O) groups is 1. The second kappa shape index (κ2) is 7.15. The Hall–Kier alpha value is -2.90. The fourth-order valence-electron chi connectivity index (χ4n) is 2.78. The van der Waals surface area contributed by atoms with Crippen LogP contribution in [0.4, 0.5) is 10.5 Å². The first kappa shape index (κ1) is 17.9. The van der Waals surface area contributed by atoms with E-state index in [0.29, 0.717) is 17.6 Å². The Kier molecular flexibility index (Phi) is 4.92. The number of urea groups is 1. The van der Waals surface area contributed by atoms with Gasteiger partial charge in [0, 0.05) is 12.1 Å². The van der Waals surface area contributed by atoms with Crippen LogP contribution in [0.2, 0.25) is 0 Å². The van der Waals surface area contributed by atoms with E-state index in [9.17, 15) is 4.79 Å². The lowest BCUT2D eigenvalue weighted by molar-refractivity contribution is 0.245. The van der Waals surface area contributed by atoms with Crippen molar-refractivity contribution in [3.05, 3.63) is 35.2 Å². The Bertz CT molecular complexity index is 927. The molecule has 1 atom stereocenters. The number of hydrogen-bond donors (Lipinski definition) is 3. The molecule has 26 heavy (non-hydrogen) atoms. The van der Waals surface area contributed by atoms with Crippen LogP contribution in [0.1, 0.15) is 49.7 Å². The maximum absolute atomic E-state index is 12.4. The summed E-state index contributed by atoms with van der Waals surface area (Å²) in [7, 11) is 0. The lowest BCUT2D eigenvalue weighted by Gasteiger charge is -2.14. The van der Waals surface area contributed by atoms with Gasteiger partial charge >= 0.3 is 6.03 Å². The zero-order chi connectivity index (χ0) is 18.8. The maximum atomic E-state index is 12.4. The zero-order valence-electron chi connectivity index (χ0n) is 15.7. The van der Waals surface area contributed by atoms with Crippen LogP contribution in [0.5, 0.6) is 0 Å². The van der Waals surface area contributed by atoms with Gasteiger partial charge < -0.3 is 20.1 Å². The van der Waals surface area contributed by atoms with Gasteiger partial charge in [0.25, 0.3) is 0 Å². The molecule has 0 aliphatic heterocycles. The minimum atomic E-state index is -0.388. The molecule has 0 spiro atoms. The molecule has 0 saturated carbocycles. The van der Waals surface area contributed by atoms with E-state index in [1.165, 1.54) is 0 Å². The molecule has 0 radical (unpaired) electrons. The van der Waals surface area contributed by atoms with E-state index in [1.54, 1.807) is 6.33 Å². The van der Waals surface area contributed by atoms with Gasteiger partial charge in [-0.3, -0.25) is 0 Å². The largest absolute Gasteiger partial charge is 0.345 e. The molecule has 0 aliphatic carbocycles. The molecule has 0 saturated heterocycles. The quantitative estimate of drug-likeness (QED) is 0.646. The molecule has 3 aromatic rings. The summed E-state index contributed by atoms with van der Waals surface area (Å²) in [6.07, 6.45) is 2.39. The molecule has 2 amide bonds. The average molecular weight is 356 g/mol. The van der Waals surface area contributed by atoms with E-state index in [2.05, 4.69) is 44.6 Å². The number of benzene rings is 1. The van der Waals surface area contributed by atoms with Crippen molar-refractivity contribution in [3.8, 4) is 0 Å². The molecule has 8 heteroatoms. The summed E-state index contributed by atoms with van der Waals surface area (Å²) >= 11 is 0. The third-order valence-electron chi connectivity index (χ3n) is 4.32. The van der Waals surface area contributed by atoms with Crippen LogP contribution < -0.4 is 10.6 Å². The number of amides is 2. The van der Waals surface area contributed by atoms with Crippen LogP contribution in [0.3, 0.4) is 0 Å². The van der Waals surface area contributed by atoms with Crippen molar-refractivity contribution in [2.45, 2.75) is 47.1 Å². The van der Waals surface area contributed by atoms with Crippen LogP contribution in [-0.4, -0.2) is 26.1 Å². The Morgan fingerprint density at radius 1 is 1.27 bits per heavy atom. The number of anilines is 1. The van der Waals surface area contributed by atoms with Gasteiger partial charge in [0.05, 0.1) is 17.4 Å². The summed E-state index contributed by atoms with van der Waals surface area (Å²) in [5.41, 5.74) is 4.53. The van der Waals surface area contributed by atoms with Crippen molar-refractivity contribution in [3.63, 3.8) is 0 Å². The summed E-state index contributed by atoms with van der Waals surface area (Å²) in [5.74, 6) is 1.49. The predicted octanol–water partition coefficient (Wildman–Crippen LogP) is 3.64. The molecular formula is C18H24N6O2. The number of hydrogen-bond acceptors (Lipinski definition) is 5. The number of fused-ring (bicyclic) bond motifs is 1. The SMILES string of the molecule is Cc1c(NC(=O)NC(C)c2nc(CC(C)C)no2)cc2[nH]cnc2c1C. The highest BCUT2D eigenvalue weighted by molar-refractivity contribution is 5.94. The van der Waals surface area contributed by atoms with Gasteiger partial charge in [0.2, 0.25) is 5.89 Å². The van der Waals surface area contributed by atoms with Crippen molar-refractivity contribution >= 4 is 22.8 Å². The van der Waals surface area contributed by atoms with Crippen molar-refractivity contribution in [1.29, 1.82) is 0 Å². The van der Waals surface area contributed by atoms with Gasteiger partial charge in [-0.1, -0.05) is 19.0 Å². The fourth-order valence-corrected chi connectivity index (χ4v) is 2.78. The molecule has 3 N–H and O–H groups in total. The zero-order valence-corrected chi connectivity index (χ0v) is 15.7. The molecule has 1 unspecified atom stereocenters. The molecule has 0 fully saturated rings. The molecule has 1 aromatic carbocycles. The van der Waals surface area contributed by atoms with Gasteiger partial charge in [-0.25, -0.2) is 9.78 Å². The average Bonchev–Trinajstić information content (AvgIpc) is 3.21. The second-order valence-corrected chi connectivity index (χ2v) is 6.94. The highest BCUT2D eigenvalue weighted by Gasteiger charge is 2.18. The van der Waals surface area contributed by atoms with E-state index in [0.717, 1.165) is 34.3 Å². The van der Waals surface area contributed by atoms with Gasteiger partial charge in [-0.2, -0.15) is 4.98 Å². The van der Waals surface area contributed by atoms with E-state index >= 15 is 0 Å². The number of nitrogens with zero attached hydrogens (tertiary/aromatic N) is 3. The van der Waals surface area contributed by atoms with Crippen LogP contribution in [0, 0.1) is 19.8 Å². The smallest absolute Gasteiger partial charge is 0.319 e. The number of aromatic nitrogens is 4. The molecule has 0 bridgehead atoms. The maximum Gasteiger partial charge on any atom is 0.319 e. The predicted molar refractivity (Wildman–Crippen MR) is 99.0 cm³/mol. The molecule has 2 heterocycles. The fraction of sp³-hybridized carbons (Fsp3) is 0.444. The van der Waals surface area contributed by atoms with Gasteiger partial charge in [-0.15, -0.1) is 0 Å². The highest BCUT2D eigenvalue weighted by Crippen LogP contribution is 2.26. The number of imidazole rings is 1. The molecule has 2 aromatic heterocycles. The summed E-state index contributed by atoms with van der Waals surface area (Å²) in [4.78, 5) is 24.1. The Labute approximate surface area is 151 Å².